The van der Waals surface area contributed by atoms with Gasteiger partial charge in [0.15, 0.2) is 0 Å². The molecule has 2 nitrogen and oxygen atoms in total. The fraction of sp³-hybridized carbons (Fsp3) is 0.269. The minimum absolute atomic E-state index is 0. The number of rotatable bonds is 7. The summed E-state index contributed by atoms with van der Waals surface area (Å²) in [6.07, 6.45) is 2.21. The minimum atomic E-state index is -2.26. The maximum absolute atomic E-state index is 12.3. The van der Waals surface area contributed by atoms with Crippen LogP contribution in [0, 0.1) is 0 Å². The Bertz CT molecular complexity index is 809. The summed E-state index contributed by atoms with van der Waals surface area (Å²) in [6, 6.07) is 32.4. The van der Waals surface area contributed by atoms with Crippen LogP contribution < -0.4 is 15.9 Å². The molecule has 3 aromatic rings. The molecule has 0 atom stereocenters. The Hall–Kier alpha value is -1.96. The van der Waals surface area contributed by atoms with Gasteiger partial charge in [-0.1, -0.05) is 0 Å². The molecule has 160 valence electrons. The average molecular weight is 487 g/mol. The number of hydrogen-bond acceptors (Lipinski definition) is 2. The van der Waals surface area contributed by atoms with Crippen molar-refractivity contribution >= 4 is 46.1 Å². The predicted octanol–water partition coefficient (Wildman–Crippen LogP) is 5.41. The summed E-state index contributed by atoms with van der Waals surface area (Å²) in [7, 11) is -2.26. The number of benzene rings is 3. The first-order valence-corrected chi connectivity index (χ1v) is 12.5. The molecule has 0 N–H and O–H groups in total. The molecule has 3 aromatic carbocycles. The van der Waals surface area contributed by atoms with Crippen LogP contribution in [0.15, 0.2) is 91.0 Å². The molecule has 0 saturated heterocycles. The van der Waals surface area contributed by atoms with Crippen LogP contribution >= 0.6 is 24.2 Å². The van der Waals surface area contributed by atoms with E-state index in [1.165, 1.54) is 15.9 Å². The van der Waals surface area contributed by atoms with Gasteiger partial charge in [-0.05, 0) is 0 Å². The third kappa shape index (κ3) is 6.03. The molecule has 0 aliphatic rings. The number of ether oxygens (including phenoxy) is 1. The molecule has 0 spiro atoms. The Morgan fingerprint density at radius 2 is 1.10 bits per heavy atom. The van der Waals surface area contributed by atoms with Crippen LogP contribution in [0.3, 0.4) is 0 Å². The Morgan fingerprint density at radius 1 is 0.733 bits per heavy atom. The number of carbonyl (C=O) groups excluding carboxylic acids is 1. The van der Waals surface area contributed by atoms with Gasteiger partial charge in [-0.3, -0.25) is 0 Å². The first kappa shape index (κ1) is 24.3. The van der Waals surface area contributed by atoms with Gasteiger partial charge in [0.2, 0.25) is 0 Å². The summed E-state index contributed by atoms with van der Waals surface area (Å²) in [5.74, 6) is -0.116. The van der Waals surface area contributed by atoms with Gasteiger partial charge in [0, 0.05) is 0 Å². The Balaban J connectivity index is 0.00000320. The summed E-state index contributed by atoms with van der Waals surface area (Å²) in [5, 5.41) is 4.13. The van der Waals surface area contributed by atoms with Crippen molar-refractivity contribution in [3.63, 3.8) is 0 Å². The Kier molecular flexibility index (Phi) is 8.82. The van der Waals surface area contributed by atoms with E-state index >= 15 is 0 Å². The molecule has 0 unspecified atom stereocenters. The molecule has 4 heteroatoms. The van der Waals surface area contributed by atoms with Crippen LogP contribution in [-0.2, 0) is 9.53 Å². The van der Waals surface area contributed by atoms with Crippen molar-refractivity contribution in [2.75, 3.05) is 6.16 Å². The van der Waals surface area contributed by atoms with Crippen LogP contribution in [0.2, 0.25) is 0 Å². The van der Waals surface area contributed by atoms with Crippen LogP contribution in [0.1, 0.15) is 33.6 Å². The predicted molar refractivity (Wildman–Crippen MR) is 137 cm³/mol. The second-order valence-corrected chi connectivity index (χ2v) is 12.5. The van der Waals surface area contributed by atoms with E-state index in [1.54, 1.807) is 0 Å². The van der Waals surface area contributed by atoms with E-state index in [0.717, 1.165) is 12.6 Å². The van der Waals surface area contributed by atoms with Crippen molar-refractivity contribution in [1.82, 2.24) is 0 Å². The topological polar surface area (TPSA) is 26.3 Å². The summed E-state index contributed by atoms with van der Waals surface area (Å²) >= 11 is 0. The van der Waals surface area contributed by atoms with E-state index < -0.39 is 12.9 Å². The van der Waals surface area contributed by atoms with Crippen LogP contribution in [0.4, 0.5) is 0 Å². The third-order valence-electron chi connectivity index (χ3n) is 5.15. The molecule has 0 aromatic heterocycles. The third-order valence-corrected chi connectivity index (χ3v) is 10.2. The zero-order valence-corrected chi connectivity index (χ0v) is 20.7. The first-order chi connectivity index (χ1) is 13.9. The molecule has 0 heterocycles. The number of halogens is 1. The summed E-state index contributed by atoms with van der Waals surface area (Å²) in [6.45, 7) is 5.76. The maximum atomic E-state index is 12.3. The number of esters is 1. The molecule has 0 fully saturated rings. The van der Waals surface area contributed by atoms with Gasteiger partial charge < -0.3 is 0 Å². The SMILES string of the molecule is Br.CC(C)(C)OC(=O)CCC[PH](c1ccccc1)(c1ccccc1)c1ccccc1. The summed E-state index contributed by atoms with van der Waals surface area (Å²) in [5.41, 5.74) is -0.441. The van der Waals surface area contributed by atoms with Gasteiger partial charge >= 0.3 is 175 Å². The zero-order chi connectivity index (χ0) is 20.7. The molecule has 0 radical (unpaired) electrons. The Labute approximate surface area is 191 Å². The van der Waals surface area contributed by atoms with Gasteiger partial charge in [-0.2, -0.15) is 0 Å². The van der Waals surface area contributed by atoms with Crippen molar-refractivity contribution in [1.29, 1.82) is 0 Å². The normalized spacial score (nSPS) is 12.0. The first-order valence-electron chi connectivity index (χ1n) is 10.3. The fourth-order valence-corrected chi connectivity index (χ4v) is 8.85. The van der Waals surface area contributed by atoms with Gasteiger partial charge in [0.25, 0.3) is 0 Å². The van der Waals surface area contributed by atoms with E-state index in [-0.39, 0.29) is 23.0 Å². The standard InChI is InChI=1S/C26H31O2P.BrH/c1-26(2,3)28-25(27)20-13-21-29(22-14-7-4-8-15-22,23-16-9-5-10-17-23)24-18-11-6-12-19-24;/h4-12,14-19,29H,13,20-21H2,1-3H3;1H. The number of hydrogen-bond donors (Lipinski definition) is 0. The van der Waals surface area contributed by atoms with Crippen molar-refractivity contribution in [3.8, 4) is 0 Å². The Morgan fingerprint density at radius 3 is 1.43 bits per heavy atom. The monoisotopic (exact) mass is 486 g/mol. The average Bonchev–Trinajstić information content (AvgIpc) is 2.72. The van der Waals surface area contributed by atoms with Crippen molar-refractivity contribution in [3.05, 3.63) is 91.0 Å². The van der Waals surface area contributed by atoms with Gasteiger partial charge in [-0.15, -0.1) is 17.0 Å². The second-order valence-electron chi connectivity index (χ2n) is 8.44. The molecule has 30 heavy (non-hydrogen) atoms. The van der Waals surface area contributed by atoms with E-state index in [9.17, 15) is 4.79 Å². The quantitative estimate of drug-likeness (QED) is 0.329. The van der Waals surface area contributed by atoms with E-state index in [2.05, 4.69) is 91.0 Å². The molecular weight excluding hydrogens is 455 g/mol. The molecule has 0 aliphatic carbocycles. The van der Waals surface area contributed by atoms with Crippen molar-refractivity contribution in [2.24, 2.45) is 0 Å². The summed E-state index contributed by atoms with van der Waals surface area (Å²) < 4.78 is 5.55. The van der Waals surface area contributed by atoms with Crippen LogP contribution in [0.25, 0.3) is 0 Å². The molecule has 0 saturated carbocycles. The molecule has 3 rings (SSSR count). The van der Waals surface area contributed by atoms with Crippen molar-refractivity contribution in [2.45, 2.75) is 39.2 Å². The van der Waals surface area contributed by atoms with Crippen LogP contribution in [-0.4, -0.2) is 17.7 Å². The van der Waals surface area contributed by atoms with E-state index in [0.29, 0.717) is 6.42 Å². The molecular formula is C26H32BrO2P. The van der Waals surface area contributed by atoms with Gasteiger partial charge in [0.1, 0.15) is 0 Å². The second kappa shape index (κ2) is 10.9. The van der Waals surface area contributed by atoms with Crippen molar-refractivity contribution < 1.29 is 9.53 Å². The number of carbonyl (C=O) groups is 1. The van der Waals surface area contributed by atoms with Crippen LogP contribution in [0.5, 0.6) is 0 Å². The van der Waals surface area contributed by atoms with Gasteiger partial charge in [-0.25, -0.2) is 0 Å². The molecule has 0 aliphatic heterocycles. The summed E-state index contributed by atoms with van der Waals surface area (Å²) in [4.78, 5) is 12.3. The van der Waals surface area contributed by atoms with E-state index in [1.807, 2.05) is 20.8 Å². The molecule has 0 amide bonds. The van der Waals surface area contributed by atoms with E-state index in [4.69, 9.17) is 4.74 Å². The van der Waals surface area contributed by atoms with Gasteiger partial charge in [0.05, 0.1) is 0 Å². The zero-order valence-electron chi connectivity index (χ0n) is 18.0. The molecule has 0 bridgehead atoms. The fourth-order valence-electron chi connectivity index (χ4n) is 3.99.